The Morgan fingerprint density at radius 2 is 2.18 bits per heavy atom. The predicted octanol–water partition coefficient (Wildman–Crippen LogP) is 3.88. The first-order valence-electron chi connectivity index (χ1n) is 9.08. The number of thiophene rings is 1. The Morgan fingerprint density at radius 3 is 2.96 bits per heavy atom. The Kier molecular flexibility index (Phi) is 6.11. The fourth-order valence-corrected chi connectivity index (χ4v) is 4.64. The van der Waals surface area contributed by atoms with Crippen molar-refractivity contribution in [1.82, 2.24) is 9.88 Å². The number of ether oxygens (including phenoxy) is 1. The van der Waals surface area contributed by atoms with Crippen molar-refractivity contribution in [2.24, 2.45) is 0 Å². The SMILES string of the molecule is O=C(/C=C/c1cccs1)N(CCN1CCOCC1)c1nc2ccc(F)cc2s1. The predicted molar refractivity (Wildman–Crippen MR) is 113 cm³/mol. The van der Waals surface area contributed by atoms with Crippen molar-refractivity contribution in [2.45, 2.75) is 0 Å². The van der Waals surface area contributed by atoms with Crippen LogP contribution < -0.4 is 4.90 Å². The molecule has 0 unspecified atom stereocenters. The molecule has 0 spiro atoms. The third kappa shape index (κ3) is 4.64. The van der Waals surface area contributed by atoms with Crippen LogP contribution >= 0.6 is 22.7 Å². The third-order valence-electron chi connectivity index (χ3n) is 4.51. The van der Waals surface area contributed by atoms with Crippen molar-refractivity contribution < 1.29 is 13.9 Å². The van der Waals surface area contributed by atoms with Crippen LogP contribution in [0.5, 0.6) is 0 Å². The summed E-state index contributed by atoms with van der Waals surface area (Å²) in [5.74, 6) is -0.423. The lowest BCUT2D eigenvalue weighted by Gasteiger charge is -2.28. The van der Waals surface area contributed by atoms with E-state index < -0.39 is 0 Å². The van der Waals surface area contributed by atoms with Gasteiger partial charge in [0.15, 0.2) is 5.13 Å². The number of morpholine rings is 1. The number of anilines is 1. The highest BCUT2D eigenvalue weighted by Gasteiger charge is 2.20. The average Bonchev–Trinajstić information content (AvgIpc) is 3.36. The standard InChI is InChI=1S/C20H20FN3O2S2/c21-15-3-5-17-18(14-15)28-20(22-17)24(8-7-23-9-11-26-12-10-23)19(25)6-4-16-2-1-13-27-16/h1-6,13-14H,7-12H2/b6-4+. The van der Waals surface area contributed by atoms with E-state index in [1.807, 2.05) is 23.6 Å². The Labute approximate surface area is 170 Å². The summed E-state index contributed by atoms with van der Waals surface area (Å²) in [7, 11) is 0. The van der Waals surface area contributed by atoms with Crippen LogP contribution in [-0.2, 0) is 9.53 Å². The Hall–Kier alpha value is -2.13. The molecule has 0 atom stereocenters. The average molecular weight is 418 g/mol. The number of thiazole rings is 1. The molecule has 0 bridgehead atoms. The van der Waals surface area contributed by atoms with E-state index in [1.165, 1.54) is 23.5 Å². The first-order valence-corrected chi connectivity index (χ1v) is 10.8. The minimum absolute atomic E-state index is 0.124. The van der Waals surface area contributed by atoms with Gasteiger partial charge in [-0.05, 0) is 35.7 Å². The number of amides is 1. The minimum atomic E-state index is -0.300. The van der Waals surface area contributed by atoms with Crippen LogP contribution in [0.15, 0.2) is 41.8 Å². The zero-order chi connectivity index (χ0) is 19.3. The number of carbonyl (C=O) groups is 1. The maximum absolute atomic E-state index is 13.5. The quantitative estimate of drug-likeness (QED) is 0.571. The van der Waals surface area contributed by atoms with Gasteiger partial charge in [0.25, 0.3) is 5.91 Å². The molecule has 4 rings (SSSR count). The van der Waals surface area contributed by atoms with Crippen LogP contribution in [0, 0.1) is 5.82 Å². The van der Waals surface area contributed by atoms with Crippen molar-refractivity contribution in [3.05, 3.63) is 52.5 Å². The number of rotatable bonds is 6. The lowest BCUT2D eigenvalue weighted by atomic mass is 10.3. The molecule has 146 valence electrons. The molecular formula is C20H20FN3O2S2. The molecule has 1 aliphatic heterocycles. The molecule has 5 nitrogen and oxygen atoms in total. The Balaban J connectivity index is 1.56. The molecule has 3 heterocycles. The summed E-state index contributed by atoms with van der Waals surface area (Å²) in [4.78, 5) is 22.5. The molecule has 0 N–H and O–H groups in total. The van der Waals surface area contributed by atoms with Crippen LogP contribution in [0.4, 0.5) is 9.52 Å². The van der Waals surface area contributed by atoms with E-state index in [-0.39, 0.29) is 11.7 Å². The van der Waals surface area contributed by atoms with Crippen LogP contribution in [-0.4, -0.2) is 55.2 Å². The first-order chi connectivity index (χ1) is 13.7. The highest BCUT2D eigenvalue weighted by Crippen LogP contribution is 2.29. The summed E-state index contributed by atoms with van der Waals surface area (Å²) in [6, 6.07) is 8.42. The molecule has 1 aliphatic rings. The van der Waals surface area contributed by atoms with Crippen LogP contribution in [0.3, 0.4) is 0 Å². The highest BCUT2D eigenvalue weighted by molar-refractivity contribution is 7.22. The number of fused-ring (bicyclic) bond motifs is 1. The molecule has 2 aromatic heterocycles. The molecule has 0 radical (unpaired) electrons. The fraction of sp³-hybridized carbons (Fsp3) is 0.300. The van der Waals surface area contributed by atoms with Gasteiger partial charge in [-0.3, -0.25) is 14.6 Å². The fourth-order valence-electron chi connectivity index (χ4n) is 3.00. The zero-order valence-corrected chi connectivity index (χ0v) is 16.8. The van der Waals surface area contributed by atoms with Gasteiger partial charge in [0.05, 0.1) is 23.4 Å². The molecule has 8 heteroatoms. The highest BCUT2D eigenvalue weighted by atomic mass is 32.1. The minimum Gasteiger partial charge on any atom is -0.379 e. The summed E-state index contributed by atoms with van der Waals surface area (Å²) in [6.45, 7) is 4.41. The van der Waals surface area contributed by atoms with E-state index in [9.17, 15) is 9.18 Å². The molecule has 28 heavy (non-hydrogen) atoms. The summed E-state index contributed by atoms with van der Waals surface area (Å²) in [5.41, 5.74) is 0.702. The molecule has 1 amide bonds. The summed E-state index contributed by atoms with van der Waals surface area (Å²) in [5, 5.41) is 2.57. The molecule has 0 aliphatic carbocycles. The lowest BCUT2D eigenvalue weighted by Crippen LogP contribution is -2.42. The van der Waals surface area contributed by atoms with Gasteiger partial charge in [-0.2, -0.15) is 0 Å². The van der Waals surface area contributed by atoms with Gasteiger partial charge in [-0.1, -0.05) is 17.4 Å². The molecule has 1 fully saturated rings. The zero-order valence-electron chi connectivity index (χ0n) is 15.2. The first kappa shape index (κ1) is 19.2. The number of hydrogen-bond acceptors (Lipinski definition) is 6. The molecule has 1 saturated heterocycles. The summed E-state index contributed by atoms with van der Waals surface area (Å²) >= 11 is 2.92. The maximum atomic E-state index is 13.5. The third-order valence-corrected chi connectivity index (χ3v) is 6.39. The topological polar surface area (TPSA) is 45.7 Å². The molecule has 0 saturated carbocycles. The van der Waals surface area contributed by atoms with Gasteiger partial charge < -0.3 is 4.74 Å². The van der Waals surface area contributed by atoms with Crippen molar-refractivity contribution in [3.8, 4) is 0 Å². The van der Waals surface area contributed by atoms with Crippen LogP contribution in [0.2, 0.25) is 0 Å². The van der Waals surface area contributed by atoms with Crippen LogP contribution in [0.1, 0.15) is 4.88 Å². The van der Waals surface area contributed by atoms with Crippen molar-refractivity contribution in [1.29, 1.82) is 0 Å². The van der Waals surface area contributed by atoms with Gasteiger partial charge in [0.1, 0.15) is 5.82 Å². The van der Waals surface area contributed by atoms with E-state index in [0.29, 0.717) is 30.4 Å². The van der Waals surface area contributed by atoms with E-state index >= 15 is 0 Å². The summed E-state index contributed by atoms with van der Waals surface area (Å²) < 4.78 is 19.7. The number of halogens is 1. The second-order valence-corrected chi connectivity index (χ2v) is 8.39. The number of nitrogens with zero attached hydrogens (tertiary/aromatic N) is 3. The lowest BCUT2D eigenvalue weighted by molar-refractivity contribution is -0.114. The number of benzene rings is 1. The summed E-state index contributed by atoms with van der Waals surface area (Å²) in [6.07, 6.45) is 3.40. The monoisotopic (exact) mass is 417 g/mol. The molecule has 3 aromatic rings. The Morgan fingerprint density at radius 1 is 1.32 bits per heavy atom. The van der Waals surface area contributed by atoms with Gasteiger partial charge in [0.2, 0.25) is 0 Å². The van der Waals surface area contributed by atoms with Gasteiger partial charge >= 0.3 is 0 Å². The normalized spacial score (nSPS) is 15.5. The Bertz CT molecular complexity index is 965. The number of aromatic nitrogens is 1. The number of hydrogen-bond donors (Lipinski definition) is 0. The largest absolute Gasteiger partial charge is 0.379 e. The number of carbonyl (C=O) groups excluding carboxylic acids is 1. The second kappa shape index (κ2) is 8.91. The van der Waals surface area contributed by atoms with Crippen molar-refractivity contribution >= 4 is 50.0 Å². The second-order valence-electron chi connectivity index (χ2n) is 6.40. The van der Waals surface area contributed by atoms with Gasteiger partial charge in [0, 0.05) is 37.1 Å². The van der Waals surface area contributed by atoms with Gasteiger partial charge in [-0.25, -0.2) is 9.37 Å². The maximum Gasteiger partial charge on any atom is 0.252 e. The van der Waals surface area contributed by atoms with E-state index in [1.54, 1.807) is 28.4 Å². The molecule has 1 aromatic carbocycles. The van der Waals surface area contributed by atoms with E-state index in [2.05, 4.69) is 9.88 Å². The van der Waals surface area contributed by atoms with Gasteiger partial charge in [-0.15, -0.1) is 11.3 Å². The van der Waals surface area contributed by atoms with Crippen molar-refractivity contribution in [2.75, 3.05) is 44.3 Å². The smallest absolute Gasteiger partial charge is 0.252 e. The van der Waals surface area contributed by atoms with Crippen molar-refractivity contribution in [3.63, 3.8) is 0 Å². The van der Waals surface area contributed by atoms with Crippen LogP contribution in [0.25, 0.3) is 16.3 Å². The van der Waals surface area contributed by atoms with E-state index in [4.69, 9.17) is 4.74 Å². The molecular weight excluding hydrogens is 397 g/mol. The van der Waals surface area contributed by atoms with E-state index in [0.717, 1.165) is 29.2 Å².